The number of carbonyl (C=O) groups is 2. The maximum Gasteiger partial charge on any atom is 0.317 e. The molecule has 2 rings (SSSR count). The fraction of sp³-hybridized carbons (Fsp3) is 0.579. The molecule has 6 heteroatoms. The van der Waals surface area contributed by atoms with Gasteiger partial charge in [0.25, 0.3) is 0 Å². The van der Waals surface area contributed by atoms with E-state index in [0.29, 0.717) is 26.2 Å². The van der Waals surface area contributed by atoms with E-state index >= 15 is 0 Å². The van der Waals surface area contributed by atoms with Crippen molar-refractivity contribution in [2.75, 3.05) is 32.7 Å². The summed E-state index contributed by atoms with van der Waals surface area (Å²) in [7, 11) is 0. The zero-order valence-electron chi connectivity index (χ0n) is 15.2. The van der Waals surface area contributed by atoms with Crippen LogP contribution in [0.1, 0.15) is 32.3 Å². The van der Waals surface area contributed by atoms with Crippen LogP contribution in [0.2, 0.25) is 0 Å². The summed E-state index contributed by atoms with van der Waals surface area (Å²) in [5.41, 5.74) is 1.14. The maximum absolute atomic E-state index is 12.3. The molecular weight excluding hydrogens is 318 g/mol. The summed E-state index contributed by atoms with van der Waals surface area (Å²) in [5.74, 6) is 0.430. The van der Waals surface area contributed by atoms with Gasteiger partial charge < -0.3 is 20.2 Å². The first kappa shape index (κ1) is 19.1. The van der Waals surface area contributed by atoms with E-state index in [-0.39, 0.29) is 23.6 Å². The minimum Gasteiger partial charge on any atom is -0.508 e. The van der Waals surface area contributed by atoms with Gasteiger partial charge in [0, 0.05) is 38.6 Å². The molecule has 0 aromatic heterocycles. The second-order valence-corrected chi connectivity index (χ2v) is 6.82. The van der Waals surface area contributed by atoms with Gasteiger partial charge >= 0.3 is 6.03 Å². The fourth-order valence-electron chi connectivity index (χ4n) is 2.97. The van der Waals surface area contributed by atoms with Gasteiger partial charge in [0.1, 0.15) is 5.75 Å². The monoisotopic (exact) mass is 347 g/mol. The molecule has 1 heterocycles. The van der Waals surface area contributed by atoms with E-state index in [1.807, 2.05) is 30.9 Å². The van der Waals surface area contributed by atoms with Gasteiger partial charge in [-0.15, -0.1) is 0 Å². The molecule has 0 saturated carbocycles. The lowest BCUT2D eigenvalue weighted by atomic mass is 10.1. The Kier molecular flexibility index (Phi) is 7.10. The maximum atomic E-state index is 12.3. The average molecular weight is 347 g/mol. The first-order valence-corrected chi connectivity index (χ1v) is 9.07. The molecule has 1 aliphatic rings. The number of nitrogens with one attached hydrogen (secondary N) is 1. The molecule has 1 aliphatic heterocycles. The van der Waals surface area contributed by atoms with E-state index in [1.165, 1.54) is 0 Å². The first-order chi connectivity index (χ1) is 12.0. The zero-order valence-corrected chi connectivity index (χ0v) is 15.2. The number of amides is 3. The Morgan fingerprint density at radius 3 is 2.40 bits per heavy atom. The number of aryl methyl sites for hydroxylation is 1. The molecule has 0 atom stereocenters. The van der Waals surface area contributed by atoms with Crippen LogP contribution < -0.4 is 5.32 Å². The van der Waals surface area contributed by atoms with Crippen LogP contribution >= 0.6 is 0 Å². The van der Waals surface area contributed by atoms with Crippen LogP contribution in [0, 0.1) is 5.92 Å². The smallest absolute Gasteiger partial charge is 0.317 e. The van der Waals surface area contributed by atoms with Gasteiger partial charge in [-0.2, -0.15) is 0 Å². The van der Waals surface area contributed by atoms with Crippen molar-refractivity contribution in [2.24, 2.45) is 5.92 Å². The van der Waals surface area contributed by atoms with E-state index in [1.54, 1.807) is 17.0 Å². The van der Waals surface area contributed by atoms with Crippen molar-refractivity contribution < 1.29 is 14.7 Å². The molecule has 0 spiro atoms. The number of aromatic hydroxyl groups is 1. The van der Waals surface area contributed by atoms with Gasteiger partial charge in [-0.25, -0.2) is 4.79 Å². The number of rotatable bonds is 5. The van der Waals surface area contributed by atoms with E-state index in [2.05, 4.69) is 5.32 Å². The zero-order chi connectivity index (χ0) is 18.2. The Labute approximate surface area is 149 Å². The number of phenols is 1. The Morgan fingerprint density at radius 1 is 1.08 bits per heavy atom. The number of phenolic OH excluding ortho intramolecular Hbond substituents is 1. The Hall–Kier alpha value is -2.24. The summed E-state index contributed by atoms with van der Waals surface area (Å²) in [5, 5.41) is 12.2. The van der Waals surface area contributed by atoms with E-state index in [4.69, 9.17) is 0 Å². The third kappa shape index (κ3) is 5.96. The summed E-state index contributed by atoms with van der Waals surface area (Å²) in [6.07, 6.45) is 2.53. The number of benzene rings is 1. The Morgan fingerprint density at radius 2 is 1.72 bits per heavy atom. The van der Waals surface area contributed by atoms with Crippen LogP contribution in [0.4, 0.5) is 4.79 Å². The normalized spacial score (nSPS) is 15.2. The van der Waals surface area contributed by atoms with Gasteiger partial charge in [-0.1, -0.05) is 26.0 Å². The quantitative estimate of drug-likeness (QED) is 0.802. The van der Waals surface area contributed by atoms with Gasteiger partial charge in [0.2, 0.25) is 5.91 Å². The van der Waals surface area contributed by atoms with Gasteiger partial charge in [0.05, 0.1) is 0 Å². The summed E-state index contributed by atoms with van der Waals surface area (Å²) in [6, 6.07) is 7.09. The van der Waals surface area contributed by atoms with Crippen LogP contribution in [0.25, 0.3) is 0 Å². The highest BCUT2D eigenvalue weighted by Crippen LogP contribution is 2.11. The summed E-state index contributed by atoms with van der Waals surface area (Å²) >= 11 is 0. The molecule has 3 amide bonds. The van der Waals surface area contributed by atoms with Gasteiger partial charge in [-0.3, -0.25) is 4.79 Å². The second-order valence-electron chi connectivity index (χ2n) is 6.82. The molecule has 1 aromatic carbocycles. The summed E-state index contributed by atoms with van der Waals surface area (Å²) < 4.78 is 0. The molecule has 0 bridgehead atoms. The van der Waals surface area contributed by atoms with Crippen LogP contribution in [-0.4, -0.2) is 59.6 Å². The predicted molar refractivity (Wildman–Crippen MR) is 97.4 cm³/mol. The SMILES string of the molecule is CC(C)C(=O)N1CCCN(C(=O)NCCCc2ccc(O)cc2)CC1. The van der Waals surface area contributed by atoms with Crippen LogP contribution in [-0.2, 0) is 11.2 Å². The minimum atomic E-state index is -0.0513. The minimum absolute atomic E-state index is 0.000255. The van der Waals surface area contributed by atoms with Crippen molar-refractivity contribution in [3.8, 4) is 5.75 Å². The Bertz CT molecular complexity index is 572. The Balaban J connectivity index is 1.70. The van der Waals surface area contributed by atoms with Crippen molar-refractivity contribution in [1.29, 1.82) is 0 Å². The van der Waals surface area contributed by atoms with Crippen LogP contribution in [0.3, 0.4) is 0 Å². The summed E-state index contributed by atoms with van der Waals surface area (Å²) in [4.78, 5) is 28.0. The molecule has 2 N–H and O–H groups in total. The lowest BCUT2D eigenvalue weighted by Crippen LogP contribution is -2.43. The highest BCUT2D eigenvalue weighted by molar-refractivity contribution is 5.78. The van der Waals surface area contributed by atoms with Gasteiger partial charge in [-0.05, 0) is 37.0 Å². The van der Waals surface area contributed by atoms with Gasteiger partial charge in [0.15, 0.2) is 0 Å². The number of hydrogen-bond donors (Lipinski definition) is 2. The topological polar surface area (TPSA) is 72.9 Å². The molecule has 1 saturated heterocycles. The number of urea groups is 1. The van der Waals surface area contributed by atoms with E-state index in [9.17, 15) is 14.7 Å². The molecule has 25 heavy (non-hydrogen) atoms. The molecular formula is C19H29N3O3. The summed E-state index contributed by atoms with van der Waals surface area (Å²) in [6.45, 7) is 7.04. The van der Waals surface area contributed by atoms with Crippen molar-refractivity contribution in [1.82, 2.24) is 15.1 Å². The van der Waals surface area contributed by atoms with Crippen molar-refractivity contribution in [3.05, 3.63) is 29.8 Å². The standard InChI is InChI=1S/C19H29N3O3/c1-15(2)18(24)21-11-4-12-22(14-13-21)19(25)20-10-3-5-16-6-8-17(23)9-7-16/h6-9,15,23H,3-5,10-14H2,1-2H3,(H,20,25). The largest absolute Gasteiger partial charge is 0.508 e. The van der Waals surface area contributed by atoms with Crippen LogP contribution in [0.15, 0.2) is 24.3 Å². The molecule has 1 aromatic rings. The molecule has 138 valence electrons. The number of hydrogen-bond acceptors (Lipinski definition) is 3. The lowest BCUT2D eigenvalue weighted by Gasteiger charge is -2.23. The lowest BCUT2D eigenvalue weighted by molar-refractivity contribution is -0.134. The molecule has 6 nitrogen and oxygen atoms in total. The number of carbonyl (C=O) groups excluding carboxylic acids is 2. The highest BCUT2D eigenvalue weighted by atomic mass is 16.3. The predicted octanol–water partition coefficient (Wildman–Crippen LogP) is 2.22. The van der Waals surface area contributed by atoms with Crippen molar-refractivity contribution in [2.45, 2.75) is 33.1 Å². The molecule has 1 fully saturated rings. The average Bonchev–Trinajstić information content (AvgIpc) is 2.85. The van der Waals surface area contributed by atoms with Crippen molar-refractivity contribution in [3.63, 3.8) is 0 Å². The fourth-order valence-corrected chi connectivity index (χ4v) is 2.97. The third-order valence-electron chi connectivity index (χ3n) is 4.44. The molecule has 0 aliphatic carbocycles. The first-order valence-electron chi connectivity index (χ1n) is 9.07. The van der Waals surface area contributed by atoms with E-state index in [0.717, 1.165) is 31.4 Å². The van der Waals surface area contributed by atoms with E-state index < -0.39 is 0 Å². The van der Waals surface area contributed by atoms with Crippen molar-refractivity contribution >= 4 is 11.9 Å². The highest BCUT2D eigenvalue weighted by Gasteiger charge is 2.23. The second kappa shape index (κ2) is 9.30. The van der Waals surface area contributed by atoms with Crippen LogP contribution in [0.5, 0.6) is 5.75 Å². The number of nitrogens with zero attached hydrogens (tertiary/aromatic N) is 2. The third-order valence-corrected chi connectivity index (χ3v) is 4.44. The molecule has 0 unspecified atom stereocenters. The molecule has 0 radical (unpaired) electrons.